The number of halogens is 1. The van der Waals surface area contributed by atoms with Crippen LogP contribution in [0.4, 0.5) is 5.82 Å². The SMILES string of the molecule is Cc1cccc(CNc2nc(Cl)nc3[nH]ncc23)n1. The first-order valence-electron chi connectivity index (χ1n) is 5.75. The zero-order chi connectivity index (χ0) is 13.2. The number of hydrogen-bond acceptors (Lipinski definition) is 5. The number of hydrogen-bond donors (Lipinski definition) is 2. The molecule has 6 nitrogen and oxygen atoms in total. The predicted molar refractivity (Wildman–Crippen MR) is 73.0 cm³/mol. The number of nitrogens with one attached hydrogen (secondary N) is 2. The molecule has 2 N–H and O–H groups in total. The first-order valence-corrected chi connectivity index (χ1v) is 6.13. The van der Waals surface area contributed by atoms with Gasteiger partial charge in [-0.25, -0.2) is 0 Å². The molecule has 0 radical (unpaired) electrons. The van der Waals surface area contributed by atoms with Crippen molar-refractivity contribution >= 4 is 28.5 Å². The molecule has 0 aliphatic rings. The highest BCUT2D eigenvalue weighted by Gasteiger charge is 2.08. The van der Waals surface area contributed by atoms with Crippen molar-refractivity contribution in [1.29, 1.82) is 0 Å². The van der Waals surface area contributed by atoms with Crippen molar-refractivity contribution in [3.8, 4) is 0 Å². The Morgan fingerprint density at radius 1 is 1.26 bits per heavy atom. The fourth-order valence-electron chi connectivity index (χ4n) is 1.81. The van der Waals surface area contributed by atoms with Crippen molar-refractivity contribution in [2.75, 3.05) is 5.32 Å². The first kappa shape index (κ1) is 11.9. The van der Waals surface area contributed by atoms with Gasteiger partial charge in [-0.15, -0.1) is 0 Å². The molecule has 0 aliphatic heterocycles. The Labute approximate surface area is 114 Å². The van der Waals surface area contributed by atoms with E-state index in [1.54, 1.807) is 6.20 Å². The molecule has 96 valence electrons. The molecule has 3 aromatic heterocycles. The summed E-state index contributed by atoms with van der Waals surface area (Å²) in [4.78, 5) is 12.6. The summed E-state index contributed by atoms with van der Waals surface area (Å²) in [6.07, 6.45) is 1.66. The van der Waals surface area contributed by atoms with E-state index in [0.717, 1.165) is 16.8 Å². The highest BCUT2D eigenvalue weighted by atomic mass is 35.5. The summed E-state index contributed by atoms with van der Waals surface area (Å²) in [5.41, 5.74) is 2.53. The van der Waals surface area contributed by atoms with Crippen LogP contribution in [0.25, 0.3) is 11.0 Å². The predicted octanol–water partition coefficient (Wildman–Crippen LogP) is 2.32. The Bertz CT molecular complexity index is 723. The van der Waals surface area contributed by atoms with Crippen LogP contribution in [0.5, 0.6) is 0 Å². The van der Waals surface area contributed by atoms with Crippen LogP contribution in [-0.2, 0) is 6.54 Å². The maximum Gasteiger partial charge on any atom is 0.226 e. The standard InChI is InChI=1S/C12H11ClN6/c1-7-3-2-4-8(16-7)5-14-10-9-6-15-19-11(9)18-12(13)17-10/h2-4,6H,5H2,1H3,(H2,14,15,17,18,19). The van der Waals surface area contributed by atoms with E-state index in [1.165, 1.54) is 0 Å². The number of aromatic amines is 1. The van der Waals surface area contributed by atoms with Gasteiger partial charge in [0, 0.05) is 5.69 Å². The number of rotatable bonds is 3. The molecule has 19 heavy (non-hydrogen) atoms. The van der Waals surface area contributed by atoms with Crippen LogP contribution in [-0.4, -0.2) is 25.1 Å². The topological polar surface area (TPSA) is 79.4 Å². The second-order valence-electron chi connectivity index (χ2n) is 4.10. The van der Waals surface area contributed by atoms with Crippen LogP contribution in [0.1, 0.15) is 11.4 Å². The summed E-state index contributed by atoms with van der Waals surface area (Å²) < 4.78 is 0. The lowest BCUT2D eigenvalue weighted by Gasteiger charge is -2.06. The summed E-state index contributed by atoms with van der Waals surface area (Å²) in [5, 5.41) is 10.9. The molecule has 0 amide bonds. The second-order valence-corrected chi connectivity index (χ2v) is 4.44. The zero-order valence-electron chi connectivity index (χ0n) is 10.2. The molecule has 0 aliphatic carbocycles. The number of nitrogens with zero attached hydrogens (tertiary/aromatic N) is 4. The molecule has 3 heterocycles. The minimum absolute atomic E-state index is 0.177. The number of pyridine rings is 1. The smallest absolute Gasteiger partial charge is 0.226 e. The molecular weight excluding hydrogens is 264 g/mol. The lowest BCUT2D eigenvalue weighted by atomic mass is 10.3. The van der Waals surface area contributed by atoms with Crippen molar-refractivity contribution in [1.82, 2.24) is 25.1 Å². The normalized spacial score (nSPS) is 10.8. The Morgan fingerprint density at radius 3 is 3.00 bits per heavy atom. The second kappa shape index (κ2) is 4.81. The molecule has 0 saturated heterocycles. The minimum Gasteiger partial charge on any atom is -0.364 e. The minimum atomic E-state index is 0.177. The molecular formula is C12H11ClN6. The van der Waals surface area contributed by atoms with Crippen LogP contribution in [0.2, 0.25) is 5.28 Å². The number of fused-ring (bicyclic) bond motifs is 1. The first-order chi connectivity index (χ1) is 9.22. The molecule has 0 fully saturated rings. The molecule has 3 aromatic rings. The van der Waals surface area contributed by atoms with E-state index in [4.69, 9.17) is 11.6 Å². The Balaban J connectivity index is 1.87. The van der Waals surface area contributed by atoms with Gasteiger partial charge in [0.1, 0.15) is 5.82 Å². The maximum absolute atomic E-state index is 5.86. The summed E-state index contributed by atoms with van der Waals surface area (Å²) in [7, 11) is 0. The lowest BCUT2D eigenvalue weighted by Crippen LogP contribution is -2.04. The third kappa shape index (κ3) is 2.48. The Hall–Kier alpha value is -2.21. The molecule has 3 rings (SSSR count). The summed E-state index contributed by atoms with van der Waals surface area (Å²) in [5.74, 6) is 0.645. The van der Waals surface area contributed by atoms with Crippen LogP contribution in [0.15, 0.2) is 24.4 Å². The van der Waals surface area contributed by atoms with Crippen LogP contribution in [0, 0.1) is 6.92 Å². The third-order valence-corrected chi connectivity index (χ3v) is 2.83. The molecule has 7 heteroatoms. The van der Waals surface area contributed by atoms with Crippen molar-refractivity contribution in [3.05, 3.63) is 41.1 Å². The van der Waals surface area contributed by atoms with E-state index in [2.05, 4.69) is 30.5 Å². The van der Waals surface area contributed by atoms with Crippen LogP contribution < -0.4 is 5.32 Å². The quantitative estimate of drug-likeness (QED) is 0.717. The van der Waals surface area contributed by atoms with E-state index in [1.807, 2.05) is 25.1 Å². The number of aromatic nitrogens is 5. The average molecular weight is 275 g/mol. The maximum atomic E-state index is 5.86. The number of aryl methyl sites for hydroxylation is 1. The molecule has 0 unspecified atom stereocenters. The van der Waals surface area contributed by atoms with Gasteiger partial charge < -0.3 is 5.32 Å². The van der Waals surface area contributed by atoms with E-state index in [0.29, 0.717) is 18.0 Å². The van der Waals surface area contributed by atoms with E-state index in [9.17, 15) is 0 Å². The Morgan fingerprint density at radius 2 is 2.16 bits per heavy atom. The van der Waals surface area contributed by atoms with Gasteiger partial charge in [0.25, 0.3) is 0 Å². The average Bonchev–Trinajstić information content (AvgIpc) is 2.84. The molecule has 0 saturated carbocycles. The fourth-order valence-corrected chi connectivity index (χ4v) is 1.98. The largest absolute Gasteiger partial charge is 0.364 e. The molecule has 0 atom stereocenters. The molecule has 0 aromatic carbocycles. The highest BCUT2D eigenvalue weighted by molar-refractivity contribution is 6.28. The molecule has 0 spiro atoms. The van der Waals surface area contributed by atoms with Gasteiger partial charge in [0.15, 0.2) is 5.65 Å². The molecule has 0 bridgehead atoms. The van der Waals surface area contributed by atoms with Crippen LogP contribution >= 0.6 is 11.6 Å². The summed E-state index contributed by atoms with van der Waals surface area (Å²) in [6, 6.07) is 5.88. The van der Waals surface area contributed by atoms with Gasteiger partial charge in [-0.05, 0) is 30.7 Å². The van der Waals surface area contributed by atoms with Gasteiger partial charge in [-0.3, -0.25) is 10.1 Å². The third-order valence-electron chi connectivity index (χ3n) is 2.67. The summed E-state index contributed by atoms with van der Waals surface area (Å²) in [6.45, 7) is 2.52. The number of H-pyrrole nitrogens is 1. The zero-order valence-corrected chi connectivity index (χ0v) is 10.9. The highest BCUT2D eigenvalue weighted by Crippen LogP contribution is 2.20. The van der Waals surface area contributed by atoms with Gasteiger partial charge >= 0.3 is 0 Å². The number of anilines is 1. The fraction of sp³-hybridized carbons (Fsp3) is 0.167. The van der Waals surface area contributed by atoms with Crippen LogP contribution in [0.3, 0.4) is 0 Å². The Kier molecular flexibility index (Phi) is 3.00. The monoisotopic (exact) mass is 274 g/mol. The van der Waals surface area contributed by atoms with Gasteiger partial charge in [0.05, 0.1) is 23.8 Å². The van der Waals surface area contributed by atoms with E-state index in [-0.39, 0.29) is 5.28 Å². The van der Waals surface area contributed by atoms with Gasteiger partial charge in [0.2, 0.25) is 5.28 Å². The van der Waals surface area contributed by atoms with E-state index >= 15 is 0 Å². The van der Waals surface area contributed by atoms with Crippen molar-refractivity contribution < 1.29 is 0 Å². The van der Waals surface area contributed by atoms with Crippen molar-refractivity contribution in [2.45, 2.75) is 13.5 Å². The summed E-state index contributed by atoms with van der Waals surface area (Å²) >= 11 is 5.86. The van der Waals surface area contributed by atoms with Gasteiger partial charge in [-0.1, -0.05) is 6.07 Å². The van der Waals surface area contributed by atoms with Crippen molar-refractivity contribution in [3.63, 3.8) is 0 Å². The lowest BCUT2D eigenvalue weighted by molar-refractivity contribution is 1.00. The van der Waals surface area contributed by atoms with E-state index < -0.39 is 0 Å². The van der Waals surface area contributed by atoms with Gasteiger partial charge in [-0.2, -0.15) is 15.1 Å². The van der Waals surface area contributed by atoms with Crippen molar-refractivity contribution in [2.24, 2.45) is 0 Å².